The summed E-state index contributed by atoms with van der Waals surface area (Å²) in [5, 5.41) is 9.10. The Kier molecular flexibility index (Phi) is 16.0. The molecule has 14 nitrogen and oxygen atoms in total. The molecule has 2 heterocycles. The van der Waals surface area contributed by atoms with Crippen LogP contribution in [0.25, 0.3) is 12.4 Å². The fraction of sp³-hybridized carbons (Fsp3) is 0.562. The van der Waals surface area contributed by atoms with E-state index < -0.39 is 0 Å². The Labute approximate surface area is 268 Å². The molecule has 3 aromatic rings. The van der Waals surface area contributed by atoms with Gasteiger partial charge in [0.1, 0.15) is 6.20 Å². The number of azo groups is 2. The summed E-state index contributed by atoms with van der Waals surface area (Å²) in [5.41, 5.74) is 2.54. The Bertz CT molecular complexity index is 1740. The molecule has 0 aliphatic rings. The molecule has 2 aromatic heterocycles. The van der Waals surface area contributed by atoms with E-state index in [1.807, 2.05) is 55.7 Å². The Balaban J connectivity index is 1.99. The Morgan fingerprint density at radius 3 is 1.59 bits per heavy atom. The predicted octanol–water partition coefficient (Wildman–Crippen LogP) is -0.915. The Morgan fingerprint density at radius 1 is 0.696 bits per heavy atom. The van der Waals surface area contributed by atoms with Crippen molar-refractivity contribution in [3.05, 3.63) is 76.5 Å². The van der Waals surface area contributed by atoms with Gasteiger partial charge in [0.25, 0.3) is 0 Å². The lowest BCUT2D eigenvalue weighted by molar-refractivity contribution is -0.530. The van der Waals surface area contributed by atoms with Crippen LogP contribution in [0, 0.1) is 21.1 Å². The summed E-state index contributed by atoms with van der Waals surface area (Å²) in [6.45, 7) is 5.38. The summed E-state index contributed by atoms with van der Waals surface area (Å²) in [5.74, 6) is 0. The van der Waals surface area contributed by atoms with Gasteiger partial charge < -0.3 is 43.0 Å². The van der Waals surface area contributed by atoms with Gasteiger partial charge in [-0.05, 0) is 29.4 Å². The predicted molar refractivity (Wildman–Crippen MR) is 172 cm³/mol. The minimum absolute atomic E-state index is 0.150. The molecule has 0 atom stereocenters. The van der Waals surface area contributed by atoms with Gasteiger partial charge in [-0.15, -0.1) is 4.70 Å². The second-order valence-electron chi connectivity index (χ2n) is 10.7. The topological polar surface area (TPSA) is 130 Å². The van der Waals surface area contributed by atoms with E-state index in [9.17, 15) is 9.59 Å². The lowest BCUT2D eigenvalue weighted by atomic mass is 10.1. The molecule has 3 rings (SSSR count). The maximum absolute atomic E-state index is 13.7. The number of methoxy groups -OCH3 is 2. The molecule has 0 fully saturated rings. The van der Waals surface area contributed by atoms with Gasteiger partial charge in [0, 0.05) is 47.6 Å². The van der Waals surface area contributed by atoms with Crippen LogP contribution >= 0.6 is 0 Å². The molecule has 1 N–H and O–H groups in total. The highest BCUT2D eigenvalue weighted by Crippen LogP contribution is 1.97. The molecule has 0 amide bonds. The lowest BCUT2D eigenvalue weighted by Crippen LogP contribution is -2.34. The average molecular weight is 646 g/mol. The van der Waals surface area contributed by atoms with Gasteiger partial charge in [-0.2, -0.15) is 0 Å². The first-order valence-corrected chi connectivity index (χ1v) is 15.3. The van der Waals surface area contributed by atoms with Crippen molar-refractivity contribution >= 4 is 12.4 Å². The van der Waals surface area contributed by atoms with Crippen LogP contribution in [0.5, 0.6) is 0 Å². The molecular formula is C32H49N6O8+. The molecule has 0 spiro atoms. The number of hydrogen-bond acceptors (Lipinski definition) is 11. The number of nitrogens with zero attached hydrogens (tertiary/aromatic N) is 5. The fourth-order valence-electron chi connectivity index (χ4n) is 4.61. The van der Waals surface area contributed by atoms with Crippen molar-refractivity contribution in [3.63, 3.8) is 0 Å². The molecule has 0 saturated carbocycles. The number of hydrazine groups is 1. The van der Waals surface area contributed by atoms with E-state index >= 15 is 0 Å². The van der Waals surface area contributed by atoms with E-state index in [0.717, 1.165) is 10.7 Å². The zero-order chi connectivity index (χ0) is 33.3. The van der Waals surface area contributed by atoms with Crippen LogP contribution in [0.3, 0.4) is 0 Å². The highest BCUT2D eigenvalue weighted by molar-refractivity contribution is 5.25. The minimum atomic E-state index is -0.299. The Morgan fingerprint density at radius 2 is 1.13 bits per heavy atom. The van der Waals surface area contributed by atoms with Gasteiger partial charge >= 0.3 is 0 Å². The number of hydrogen-bond donors (Lipinski definition) is 1. The van der Waals surface area contributed by atoms with Crippen molar-refractivity contribution in [3.8, 4) is 0 Å². The van der Waals surface area contributed by atoms with Crippen molar-refractivity contribution in [2.45, 2.75) is 13.1 Å². The van der Waals surface area contributed by atoms with E-state index in [2.05, 4.69) is 10.5 Å². The van der Waals surface area contributed by atoms with Crippen LogP contribution < -0.4 is 27.0 Å². The van der Waals surface area contributed by atoms with Crippen LogP contribution in [0.2, 0.25) is 0 Å². The fourth-order valence-corrected chi connectivity index (χ4v) is 4.61. The maximum atomic E-state index is 13.7. The highest BCUT2D eigenvalue weighted by Gasteiger charge is 2.14. The normalized spacial score (nSPS) is 12.6. The van der Waals surface area contributed by atoms with E-state index in [-0.39, 0.29) is 21.3 Å². The largest absolute Gasteiger partial charge is 0.382 e. The van der Waals surface area contributed by atoms with Gasteiger partial charge in [0.15, 0.2) is 14.1 Å². The first kappa shape index (κ1) is 37.0. The molecule has 46 heavy (non-hydrogen) atoms. The molecule has 0 aliphatic carbocycles. The van der Waals surface area contributed by atoms with Crippen molar-refractivity contribution in [1.82, 2.24) is 19.6 Å². The summed E-state index contributed by atoms with van der Waals surface area (Å²) in [4.78, 5) is 27.4. The molecule has 0 radical (unpaired) electrons. The van der Waals surface area contributed by atoms with Gasteiger partial charge in [0.05, 0.1) is 97.9 Å². The third-order valence-corrected chi connectivity index (χ3v) is 6.87. The number of rotatable bonds is 21. The third kappa shape index (κ3) is 10.8. The first-order valence-electron chi connectivity index (χ1n) is 15.3. The van der Waals surface area contributed by atoms with E-state index in [1.165, 1.54) is 0 Å². The molecule has 0 aliphatic heterocycles. The summed E-state index contributed by atoms with van der Waals surface area (Å²) < 4.78 is 37.9. The monoisotopic (exact) mass is 645 g/mol. The molecule has 254 valence electrons. The van der Waals surface area contributed by atoms with Crippen molar-refractivity contribution in [2.24, 2.45) is 5.11 Å². The lowest BCUT2D eigenvalue weighted by Gasteiger charge is -2.10. The second kappa shape index (κ2) is 19.9. The summed E-state index contributed by atoms with van der Waals surface area (Å²) in [6, 6.07) is 7.31. The number of nitrogens with one attached hydrogen (secondary N) is 1. The maximum Gasteiger partial charge on any atom is 0.205 e. The smallest absolute Gasteiger partial charge is 0.205 e. The first-order chi connectivity index (χ1) is 22.3. The standard InChI is InChI=1S/C32H48N6O8/c1-35(2)33-23-25-7-9-27(37(25)11-13-43-19-21-45-17-15-41-5)29-31(39)30(32(29)40)28-10-8-26(24-34-36(3)4)38(28)12-14-44-20-22-46-18-16-42-6/h7-10,23-24H,11-22H2,1-6H3/p+1. The van der Waals surface area contributed by atoms with E-state index in [1.54, 1.807) is 42.3 Å². The van der Waals surface area contributed by atoms with Crippen molar-refractivity contribution in [1.29, 1.82) is 0 Å². The SMILES string of the molecule is COCCOCCOCCn1c(=CN=[N+](C)C)ccc1=c1c(=O)c(=c2cc/c(=C/NN(C)C)n2CCOCCOCCOC)c1=O. The summed E-state index contributed by atoms with van der Waals surface area (Å²) in [7, 11) is 10.6. The quantitative estimate of drug-likeness (QED) is 0.0673. The van der Waals surface area contributed by atoms with Gasteiger partial charge in [-0.25, -0.2) is 5.01 Å². The van der Waals surface area contributed by atoms with E-state index in [4.69, 9.17) is 28.4 Å². The third-order valence-electron chi connectivity index (χ3n) is 6.87. The van der Waals surface area contributed by atoms with Crippen molar-refractivity contribution < 1.29 is 33.1 Å². The van der Waals surface area contributed by atoms with E-state index in [0.29, 0.717) is 89.9 Å². The van der Waals surface area contributed by atoms with Crippen LogP contribution in [-0.2, 0) is 41.5 Å². The van der Waals surface area contributed by atoms with Crippen LogP contribution in [0.1, 0.15) is 0 Å². The molecule has 14 heteroatoms. The zero-order valence-corrected chi connectivity index (χ0v) is 28.0. The van der Waals surface area contributed by atoms with Crippen LogP contribution in [0.4, 0.5) is 0 Å². The van der Waals surface area contributed by atoms with Gasteiger partial charge in [-0.3, -0.25) is 9.59 Å². The highest BCUT2D eigenvalue weighted by atomic mass is 16.5. The molecule has 0 unspecified atom stereocenters. The molecule has 0 bridgehead atoms. The summed E-state index contributed by atoms with van der Waals surface area (Å²) >= 11 is 0. The van der Waals surface area contributed by atoms with Gasteiger partial charge in [0.2, 0.25) is 10.9 Å². The zero-order valence-electron chi connectivity index (χ0n) is 28.0. The van der Waals surface area contributed by atoms with Crippen LogP contribution in [0.15, 0.2) is 39.0 Å². The molecular weight excluding hydrogens is 596 g/mol. The minimum Gasteiger partial charge on any atom is -0.382 e. The molecule has 1 aromatic carbocycles. The average Bonchev–Trinajstić information content (AvgIpc) is 3.60. The van der Waals surface area contributed by atoms with Crippen LogP contribution in [-0.4, -0.2) is 127 Å². The second-order valence-corrected chi connectivity index (χ2v) is 10.7. The summed E-state index contributed by atoms with van der Waals surface area (Å²) in [6.07, 6.45) is 3.52. The van der Waals surface area contributed by atoms with Crippen molar-refractivity contribution in [2.75, 3.05) is 108 Å². The van der Waals surface area contributed by atoms with Gasteiger partial charge in [-0.1, -0.05) is 0 Å². The number of ether oxygens (including phenoxy) is 6. The molecule has 0 saturated heterocycles. The Hall–Kier alpha value is -3.50. The number of aromatic nitrogens is 2.